The van der Waals surface area contributed by atoms with Gasteiger partial charge in [0, 0.05) is 18.6 Å². The smallest absolute Gasteiger partial charge is 0.323 e. The maximum Gasteiger partial charge on any atom is 0.323 e. The molecule has 1 unspecified atom stereocenters. The molecule has 5 nitrogen and oxygen atoms in total. The zero-order valence-corrected chi connectivity index (χ0v) is 13.3. The van der Waals surface area contributed by atoms with Gasteiger partial charge < -0.3 is 14.9 Å². The summed E-state index contributed by atoms with van der Waals surface area (Å²) in [5.74, 6) is -1.01. The van der Waals surface area contributed by atoms with Gasteiger partial charge in [-0.25, -0.2) is 4.79 Å². The topological polar surface area (TPSA) is 60.9 Å². The highest BCUT2D eigenvalue weighted by Crippen LogP contribution is 2.21. The van der Waals surface area contributed by atoms with Gasteiger partial charge in [-0.15, -0.1) is 0 Å². The van der Waals surface area contributed by atoms with Gasteiger partial charge in [-0.05, 0) is 31.0 Å². The maximum atomic E-state index is 12.4. The Morgan fingerprint density at radius 1 is 1.29 bits per heavy atom. The van der Waals surface area contributed by atoms with Crippen molar-refractivity contribution >= 4 is 23.6 Å². The molecule has 116 valence electrons. The van der Waals surface area contributed by atoms with E-state index >= 15 is 0 Å². The van der Waals surface area contributed by atoms with Gasteiger partial charge in [0.1, 0.15) is 6.54 Å². The lowest BCUT2D eigenvalue weighted by Gasteiger charge is -2.31. The van der Waals surface area contributed by atoms with Crippen LogP contribution in [0.5, 0.6) is 0 Å². The molecule has 0 radical (unpaired) electrons. The van der Waals surface area contributed by atoms with E-state index in [1.54, 1.807) is 24.1 Å². The summed E-state index contributed by atoms with van der Waals surface area (Å²) in [4.78, 5) is 26.2. The highest BCUT2D eigenvalue weighted by molar-refractivity contribution is 6.30. The normalized spacial score (nSPS) is 11.8. The van der Waals surface area contributed by atoms with Crippen molar-refractivity contribution in [3.05, 3.63) is 34.9 Å². The molecule has 1 aromatic rings. The Bertz CT molecular complexity index is 490. The number of urea groups is 1. The van der Waals surface area contributed by atoms with E-state index in [4.69, 9.17) is 16.7 Å². The zero-order chi connectivity index (χ0) is 16.0. The Hall–Kier alpha value is -1.75. The average Bonchev–Trinajstić information content (AvgIpc) is 2.45. The summed E-state index contributed by atoms with van der Waals surface area (Å²) in [6, 6.07) is 6.81. The molecular formula is C15H21ClN2O3. The summed E-state index contributed by atoms with van der Waals surface area (Å²) in [6.07, 6.45) is 0.711. The molecule has 0 aromatic heterocycles. The summed E-state index contributed by atoms with van der Waals surface area (Å²) in [5.41, 5.74) is 0.946. The fourth-order valence-electron chi connectivity index (χ4n) is 2.03. The number of hydrogen-bond acceptors (Lipinski definition) is 2. The minimum absolute atomic E-state index is 0.164. The molecule has 2 amide bonds. The number of halogens is 1. The van der Waals surface area contributed by atoms with Crippen molar-refractivity contribution in [2.24, 2.45) is 0 Å². The molecule has 0 fully saturated rings. The van der Waals surface area contributed by atoms with Crippen LogP contribution in [0.1, 0.15) is 31.9 Å². The SMILES string of the molecule is CCCN(CC(=O)O)C(=O)N(C)C(C)c1ccc(Cl)cc1. The molecule has 1 aromatic carbocycles. The molecule has 0 bridgehead atoms. The molecule has 1 atom stereocenters. The zero-order valence-electron chi connectivity index (χ0n) is 12.5. The van der Waals surface area contributed by atoms with Crippen molar-refractivity contribution in [3.63, 3.8) is 0 Å². The molecule has 0 spiro atoms. The lowest BCUT2D eigenvalue weighted by Crippen LogP contribution is -2.44. The van der Waals surface area contributed by atoms with Crippen molar-refractivity contribution in [3.8, 4) is 0 Å². The van der Waals surface area contributed by atoms with E-state index in [1.807, 2.05) is 26.0 Å². The van der Waals surface area contributed by atoms with Crippen LogP contribution in [0.25, 0.3) is 0 Å². The molecule has 6 heteroatoms. The summed E-state index contributed by atoms with van der Waals surface area (Å²) in [7, 11) is 1.67. The van der Waals surface area contributed by atoms with Gasteiger partial charge in [0.25, 0.3) is 0 Å². The van der Waals surface area contributed by atoms with E-state index < -0.39 is 5.97 Å². The molecule has 0 saturated carbocycles. The summed E-state index contributed by atoms with van der Waals surface area (Å²) >= 11 is 5.85. The van der Waals surface area contributed by atoms with Crippen LogP contribution in [0.4, 0.5) is 4.79 Å². The standard InChI is InChI=1S/C15H21ClN2O3/c1-4-9-18(10-14(19)20)15(21)17(3)11(2)12-5-7-13(16)8-6-12/h5-8,11H,4,9-10H2,1-3H3,(H,19,20). The number of benzene rings is 1. The van der Waals surface area contributed by atoms with Crippen LogP contribution in [0, 0.1) is 0 Å². The number of carbonyl (C=O) groups excluding carboxylic acids is 1. The van der Waals surface area contributed by atoms with Gasteiger partial charge in [0.15, 0.2) is 0 Å². The van der Waals surface area contributed by atoms with Crippen molar-refractivity contribution in [1.29, 1.82) is 0 Å². The average molecular weight is 313 g/mol. The second kappa shape index (κ2) is 7.88. The highest BCUT2D eigenvalue weighted by atomic mass is 35.5. The third-order valence-electron chi connectivity index (χ3n) is 3.33. The number of carboxylic acid groups (broad SMARTS) is 1. The van der Waals surface area contributed by atoms with Gasteiger partial charge in [0.2, 0.25) is 0 Å². The van der Waals surface area contributed by atoms with Crippen LogP contribution >= 0.6 is 11.6 Å². The molecule has 0 aliphatic heterocycles. The third-order valence-corrected chi connectivity index (χ3v) is 3.58. The highest BCUT2D eigenvalue weighted by Gasteiger charge is 2.23. The van der Waals surface area contributed by atoms with Crippen LogP contribution in [0.3, 0.4) is 0 Å². The number of carboxylic acids is 1. The predicted molar refractivity (Wildman–Crippen MR) is 82.5 cm³/mol. The van der Waals surface area contributed by atoms with Gasteiger partial charge in [-0.1, -0.05) is 30.7 Å². The number of nitrogens with zero attached hydrogens (tertiary/aromatic N) is 2. The minimum atomic E-state index is -1.01. The van der Waals surface area contributed by atoms with E-state index in [9.17, 15) is 9.59 Å². The fourth-order valence-corrected chi connectivity index (χ4v) is 2.16. The molecule has 0 aliphatic carbocycles. The van der Waals surface area contributed by atoms with Gasteiger partial charge in [-0.2, -0.15) is 0 Å². The molecular weight excluding hydrogens is 292 g/mol. The van der Waals surface area contributed by atoms with E-state index in [0.29, 0.717) is 18.0 Å². The lowest BCUT2D eigenvalue weighted by molar-refractivity contribution is -0.137. The van der Waals surface area contributed by atoms with Crippen LogP contribution in [-0.4, -0.2) is 47.0 Å². The molecule has 21 heavy (non-hydrogen) atoms. The Morgan fingerprint density at radius 2 is 1.86 bits per heavy atom. The van der Waals surface area contributed by atoms with E-state index in [1.165, 1.54) is 4.90 Å². The van der Waals surface area contributed by atoms with Gasteiger partial charge in [-0.3, -0.25) is 4.79 Å². The Labute approximate surface area is 130 Å². The minimum Gasteiger partial charge on any atom is -0.480 e. The third kappa shape index (κ3) is 4.93. The van der Waals surface area contributed by atoms with Gasteiger partial charge >= 0.3 is 12.0 Å². The Balaban J connectivity index is 2.83. The Morgan fingerprint density at radius 3 is 2.33 bits per heavy atom. The fraction of sp³-hybridized carbons (Fsp3) is 0.467. The monoisotopic (exact) mass is 312 g/mol. The molecule has 0 saturated heterocycles. The lowest BCUT2D eigenvalue weighted by atomic mass is 10.1. The molecule has 0 heterocycles. The van der Waals surface area contributed by atoms with E-state index in [-0.39, 0.29) is 18.6 Å². The number of aliphatic carboxylic acids is 1. The first-order chi connectivity index (χ1) is 9.86. The molecule has 1 N–H and O–H groups in total. The van der Waals surface area contributed by atoms with Crippen LogP contribution in [-0.2, 0) is 4.79 Å². The predicted octanol–water partition coefficient (Wildman–Crippen LogP) is 3.25. The quantitative estimate of drug-likeness (QED) is 0.877. The van der Waals surface area contributed by atoms with Crippen molar-refractivity contribution < 1.29 is 14.7 Å². The van der Waals surface area contributed by atoms with Crippen LogP contribution < -0.4 is 0 Å². The van der Waals surface area contributed by atoms with Crippen LogP contribution in [0.2, 0.25) is 5.02 Å². The van der Waals surface area contributed by atoms with Crippen molar-refractivity contribution in [1.82, 2.24) is 9.80 Å². The summed E-state index contributed by atoms with van der Waals surface area (Å²) in [6.45, 7) is 3.93. The number of hydrogen-bond donors (Lipinski definition) is 1. The maximum absolute atomic E-state index is 12.4. The van der Waals surface area contributed by atoms with Gasteiger partial charge in [0.05, 0.1) is 6.04 Å². The van der Waals surface area contributed by atoms with Crippen molar-refractivity contribution in [2.75, 3.05) is 20.1 Å². The molecule has 0 aliphatic rings. The second-order valence-corrected chi connectivity index (χ2v) is 5.37. The number of carbonyl (C=O) groups is 2. The first-order valence-electron chi connectivity index (χ1n) is 6.85. The first-order valence-corrected chi connectivity index (χ1v) is 7.23. The Kier molecular flexibility index (Phi) is 6.49. The first kappa shape index (κ1) is 17.3. The largest absolute Gasteiger partial charge is 0.480 e. The second-order valence-electron chi connectivity index (χ2n) is 4.94. The number of amides is 2. The summed E-state index contributed by atoms with van der Waals surface area (Å²) in [5, 5.41) is 9.54. The number of rotatable bonds is 6. The summed E-state index contributed by atoms with van der Waals surface area (Å²) < 4.78 is 0. The van der Waals surface area contributed by atoms with E-state index in [0.717, 1.165) is 5.56 Å². The van der Waals surface area contributed by atoms with Crippen molar-refractivity contribution in [2.45, 2.75) is 26.3 Å². The van der Waals surface area contributed by atoms with Crippen LogP contribution in [0.15, 0.2) is 24.3 Å². The van der Waals surface area contributed by atoms with E-state index in [2.05, 4.69) is 0 Å². The molecule has 1 rings (SSSR count).